The predicted octanol–water partition coefficient (Wildman–Crippen LogP) is 6.87. The third-order valence-electron chi connectivity index (χ3n) is 5.37. The number of hydrogen-bond acceptors (Lipinski definition) is 1. The van der Waals surface area contributed by atoms with Gasteiger partial charge in [0.2, 0.25) is 0 Å². The molecule has 0 atom stereocenters. The van der Waals surface area contributed by atoms with Crippen molar-refractivity contribution >= 4 is 5.78 Å². The minimum absolute atomic E-state index is 0.0889. The Hall–Kier alpha value is -3.45. The smallest absolute Gasteiger partial charge is 0.159 e. The summed E-state index contributed by atoms with van der Waals surface area (Å²) in [7, 11) is 0. The van der Waals surface area contributed by atoms with Crippen LogP contribution in [0.2, 0.25) is 0 Å². The lowest BCUT2D eigenvalue weighted by atomic mass is 9.80. The van der Waals surface area contributed by atoms with Crippen LogP contribution in [-0.2, 0) is 0 Å². The van der Waals surface area contributed by atoms with E-state index in [9.17, 15) is 4.79 Å². The van der Waals surface area contributed by atoms with Gasteiger partial charge in [0.1, 0.15) is 0 Å². The molecule has 0 unspecified atom stereocenters. The molecule has 0 N–H and O–H groups in total. The van der Waals surface area contributed by atoms with E-state index >= 15 is 0 Å². The summed E-state index contributed by atoms with van der Waals surface area (Å²) in [5.41, 5.74) is 10.3. The molecule has 0 aromatic heterocycles. The molecule has 0 saturated carbocycles. The average Bonchev–Trinajstić information content (AvgIpc) is 2.72. The normalized spacial score (nSPS) is 11.3. The van der Waals surface area contributed by atoms with Crippen molar-refractivity contribution in [3.05, 3.63) is 96.6 Å². The fourth-order valence-corrected chi connectivity index (χ4v) is 4.08. The van der Waals surface area contributed by atoms with Gasteiger partial charge in [-0.05, 0) is 57.5 Å². The van der Waals surface area contributed by atoms with Crippen LogP contribution in [-0.4, -0.2) is 5.78 Å². The Balaban J connectivity index is 1.97. The molecule has 0 radical (unpaired) electrons. The quantitative estimate of drug-likeness (QED) is 0.303. The molecule has 0 heterocycles. The van der Waals surface area contributed by atoms with Gasteiger partial charge < -0.3 is 0 Å². The van der Waals surface area contributed by atoms with E-state index < -0.39 is 0 Å². The number of hydrogen-bond donors (Lipinski definition) is 0. The van der Waals surface area contributed by atoms with Gasteiger partial charge in [0, 0.05) is 5.56 Å². The number of benzene rings is 4. The highest BCUT2D eigenvalue weighted by Crippen LogP contribution is 2.47. The van der Waals surface area contributed by atoms with Crippen molar-refractivity contribution in [1.29, 1.82) is 0 Å². The number of fused-ring (bicyclic) bond motifs is 8. The molecule has 0 bridgehead atoms. The van der Waals surface area contributed by atoms with E-state index in [4.69, 9.17) is 0 Å². The van der Waals surface area contributed by atoms with Crippen LogP contribution in [0.3, 0.4) is 0 Å². The maximum absolute atomic E-state index is 12.0. The highest BCUT2D eigenvalue weighted by Gasteiger charge is 2.21. The molecule has 1 aliphatic carbocycles. The average molecular weight is 346 g/mol. The van der Waals surface area contributed by atoms with E-state index in [0.717, 1.165) is 22.3 Å². The lowest BCUT2D eigenvalue weighted by Gasteiger charge is -2.23. The molecule has 4 aromatic rings. The second-order valence-electron chi connectivity index (χ2n) is 6.95. The first-order chi connectivity index (χ1) is 13.2. The Kier molecular flexibility index (Phi) is 3.54. The highest BCUT2D eigenvalue weighted by molar-refractivity contribution is 6.05. The molecule has 0 saturated heterocycles. The zero-order valence-electron chi connectivity index (χ0n) is 15.1. The van der Waals surface area contributed by atoms with Gasteiger partial charge in [0.05, 0.1) is 0 Å². The largest absolute Gasteiger partial charge is 0.295 e. The maximum atomic E-state index is 12.0. The molecule has 128 valence electrons. The van der Waals surface area contributed by atoms with Crippen LogP contribution in [0.1, 0.15) is 17.3 Å². The number of Topliss-reactive ketones (excluding diaryl/α,β-unsaturated/α-hetero) is 1. The number of ketones is 1. The van der Waals surface area contributed by atoms with Crippen LogP contribution in [0.5, 0.6) is 0 Å². The summed E-state index contributed by atoms with van der Waals surface area (Å²) in [5, 5.41) is 0. The van der Waals surface area contributed by atoms with Gasteiger partial charge in [0.25, 0.3) is 0 Å². The van der Waals surface area contributed by atoms with Gasteiger partial charge in [0.15, 0.2) is 5.78 Å². The Morgan fingerprint density at radius 2 is 0.815 bits per heavy atom. The fourth-order valence-electron chi connectivity index (χ4n) is 4.08. The first-order valence-corrected chi connectivity index (χ1v) is 9.17. The Bertz CT molecular complexity index is 1190. The molecule has 1 nitrogen and oxygen atoms in total. The van der Waals surface area contributed by atoms with Crippen molar-refractivity contribution < 1.29 is 4.79 Å². The minimum Gasteiger partial charge on any atom is -0.295 e. The standard InChI is InChI=1S/C26H18O/c1-17(27)18-14-15-25-23-12-5-4-10-21(23)19-8-2-3-9-20(19)22-11-6-7-13-24(22)26(25)16-18/h2-16H,1H3. The second kappa shape index (κ2) is 6.07. The van der Waals surface area contributed by atoms with Crippen LogP contribution < -0.4 is 0 Å². The minimum atomic E-state index is 0.0889. The SMILES string of the molecule is CC(=O)c1ccc2c(c1)-c1ccccc1-c1ccccc1-c1ccccc1-2. The fraction of sp³-hybridized carbons (Fsp3) is 0.0385. The molecular formula is C26H18O. The van der Waals surface area contributed by atoms with Crippen molar-refractivity contribution in [2.45, 2.75) is 6.92 Å². The monoisotopic (exact) mass is 346 g/mol. The van der Waals surface area contributed by atoms with Gasteiger partial charge in [-0.3, -0.25) is 4.79 Å². The van der Waals surface area contributed by atoms with Crippen LogP contribution in [0.15, 0.2) is 91.0 Å². The van der Waals surface area contributed by atoms with Crippen molar-refractivity contribution in [3.8, 4) is 44.5 Å². The summed E-state index contributed by atoms with van der Waals surface area (Å²) >= 11 is 0. The summed E-state index contributed by atoms with van der Waals surface area (Å²) < 4.78 is 0. The van der Waals surface area contributed by atoms with Gasteiger partial charge >= 0.3 is 0 Å². The van der Waals surface area contributed by atoms with Gasteiger partial charge in [-0.1, -0.05) is 84.9 Å². The van der Waals surface area contributed by atoms with Crippen LogP contribution in [0.4, 0.5) is 0 Å². The van der Waals surface area contributed by atoms with Gasteiger partial charge in [-0.15, -0.1) is 0 Å². The van der Waals surface area contributed by atoms with Crippen molar-refractivity contribution in [1.82, 2.24) is 0 Å². The van der Waals surface area contributed by atoms with E-state index in [2.05, 4.69) is 78.9 Å². The van der Waals surface area contributed by atoms with E-state index in [0.29, 0.717) is 0 Å². The summed E-state index contributed by atoms with van der Waals surface area (Å²) in [4.78, 5) is 12.0. The first kappa shape index (κ1) is 15.8. The molecule has 1 aliphatic rings. The summed E-state index contributed by atoms with van der Waals surface area (Å²) in [6.45, 7) is 1.62. The first-order valence-electron chi connectivity index (χ1n) is 9.17. The molecule has 0 fully saturated rings. The highest BCUT2D eigenvalue weighted by atomic mass is 16.1. The topological polar surface area (TPSA) is 17.1 Å². The molecule has 0 aliphatic heterocycles. The van der Waals surface area contributed by atoms with Crippen molar-refractivity contribution in [3.63, 3.8) is 0 Å². The molecule has 1 heteroatoms. The molecule has 0 spiro atoms. The van der Waals surface area contributed by atoms with E-state index in [1.54, 1.807) is 6.92 Å². The molecular weight excluding hydrogens is 328 g/mol. The van der Waals surface area contributed by atoms with E-state index in [1.807, 2.05) is 12.1 Å². The molecule has 27 heavy (non-hydrogen) atoms. The lowest BCUT2D eigenvalue weighted by Crippen LogP contribution is -1.99. The molecule has 0 amide bonds. The number of carbonyl (C=O) groups excluding carboxylic acids is 1. The van der Waals surface area contributed by atoms with Gasteiger partial charge in [-0.2, -0.15) is 0 Å². The Morgan fingerprint density at radius 3 is 1.19 bits per heavy atom. The predicted molar refractivity (Wildman–Crippen MR) is 112 cm³/mol. The van der Waals surface area contributed by atoms with Crippen LogP contribution in [0.25, 0.3) is 44.5 Å². The van der Waals surface area contributed by atoms with E-state index in [-0.39, 0.29) is 5.78 Å². The van der Waals surface area contributed by atoms with Crippen LogP contribution >= 0.6 is 0 Å². The van der Waals surface area contributed by atoms with Crippen molar-refractivity contribution in [2.75, 3.05) is 0 Å². The lowest BCUT2D eigenvalue weighted by molar-refractivity contribution is 0.101. The summed E-state index contributed by atoms with van der Waals surface area (Å²) in [6, 6.07) is 31.6. The number of rotatable bonds is 1. The van der Waals surface area contributed by atoms with Crippen LogP contribution in [0, 0.1) is 0 Å². The second-order valence-corrected chi connectivity index (χ2v) is 6.95. The summed E-state index contributed by atoms with van der Waals surface area (Å²) in [5.74, 6) is 0.0889. The number of carbonyl (C=O) groups is 1. The Labute approximate surface area is 158 Å². The van der Waals surface area contributed by atoms with Crippen molar-refractivity contribution in [2.24, 2.45) is 0 Å². The third-order valence-corrected chi connectivity index (χ3v) is 5.37. The zero-order chi connectivity index (χ0) is 18.4. The maximum Gasteiger partial charge on any atom is 0.159 e. The van der Waals surface area contributed by atoms with Gasteiger partial charge in [-0.25, -0.2) is 0 Å². The third kappa shape index (κ3) is 2.43. The Morgan fingerprint density at radius 1 is 0.481 bits per heavy atom. The summed E-state index contributed by atoms with van der Waals surface area (Å²) in [6.07, 6.45) is 0. The molecule has 4 aromatic carbocycles. The molecule has 5 rings (SSSR count). The van der Waals surface area contributed by atoms with E-state index in [1.165, 1.54) is 27.8 Å². The zero-order valence-corrected chi connectivity index (χ0v) is 15.1.